The van der Waals surface area contributed by atoms with Crippen molar-refractivity contribution in [3.63, 3.8) is 0 Å². The van der Waals surface area contributed by atoms with Crippen LogP contribution in [0.3, 0.4) is 0 Å². The third-order valence-electron chi connectivity index (χ3n) is 2.46. The van der Waals surface area contributed by atoms with Crippen molar-refractivity contribution in [3.05, 3.63) is 0 Å². The lowest BCUT2D eigenvalue weighted by Gasteiger charge is -2.11. The van der Waals surface area contributed by atoms with Gasteiger partial charge in [0.2, 0.25) is 10.0 Å². The molecule has 1 fully saturated rings. The molecule has 1 rings (SSSR count). The standard InChI is InChI=1S/C9H20N2O3S/c1-8(6-10)15(12,13)11-4-5-14-7-9-2-3-9/h8-9,11H,2-7,10H2,1H3. The molecule has 1 atom stereocenters. The van der Waals surface area contributed by atoms with Crippen LogP contribution in [-0.2, 0) is 14.8 Å². The summed E-state index contributed by atoms with van der Waals surface area (Å²) in [5.41, 5.74) is 5.29. The Hall–Kier alpha value is -0.170. The van der Waals surface area contributed by atoms with E-state index in [9.17, 15) is 8.42 Å². The molecule has 0 aliphatic heterocycles. The Bertz CT molecular complexity index is 275. The number of nitrogens with one attached hydrogen (secondary N) is 1. The van der Waals surface area contributed by atoms with Crippen molar-refractivity contribution in [3.8, 4) is 0 Å². The van der Waals surface area contributed by atoms with Crippen molar-refractivity contribution >= 4 is 10.0 Å². The number of sulfonamides is 1. The van der Waals surface area contributed by atoms with Crippen molar-refractivity contribution in [2.45, 2.75) is 25.0 Å². The van der Waals surface area contributed by atoms with Gasteiger partial charge in [-0.05, 0) is 25.7 Å². The van der Waals surface area contributed by atoms with E-state index < -0.39 is 15.3 Å². The molecular weight excluding hydrogens is 216 g/mol. The first kappa shape index (κ1) is 12.9. The van der Waals surface area contributed by atoms with Crippen molar-refractivity contribution < 1.29 is 13.2 Å². The zero-order valence-electron chi connectivity index (χ0n) is 9.11. The molecule has 1 unspecified atom stereocenters. The second-order valence-electron chi connectivity index (χ2n) is 4.00. The quantitative estimate of drug-likeness (QED) is 0.566. The first-order valence-electron chi connectivity index (χ1n) is 5.32. The minimum absolute atomic E-state index is 0.137. The highest BCUT2D eigenvalue weighted by molar-refractivity contribution is 7.90. The average molecular weight is 236 g/mol. The molecule has 5 nitrogen and oxygen atoms in total. The average Bonchev–Trinajstić information content (AvgIpc) is 2.99. The number of hydrogen-bond donors (Lipinski definition) is 2. The van der Waals surface area contributed by atoms with Gasteiger partial charge in [-0.1, -0.05) is 0 Å². The van der Waals surface area contributed by atoms with Crippen molar-refractivity contribution in [1.82, 2.24) is 4.72 Å². The monoisotopic (exact) mass is 236 g/mol. The number of ether oxygens (including phenoxy) is 1. The van der Waals surface area contributed by atoms with Crippen molar-refractivity contribution in [2.24, 2.45) is 11.7 Å². The lowest BCUT2D eigenvalue weighted by molar-refractivity contribution is 0.129. The van der Waals surface area contributed by atoms with Crippen molar-refractivity contribution in [1.29, 1.82) is 0 Å². The third-order valence-corrected chi connectivity index (χ3v) is 4.32. The van der Waals surface area contributed by atoms with Crippen LogP contribution in [0.5, 0.6) is 0 Å². The summed E-state index contributed by atoms with van der Waals surface area (Å²) < 4.78 is 30.6. The number of rotatable bonds is 8. The van der Waals surface area contributed by atoms with Gasteiger partial charge >= 0.3 is 0 Å². The molecule has 6 heteroatoms. The first-order valence-corrected chi connectivity index (χ1v) is 6.87. The molecule has 90 valence electrons. The van der Waals surface area contributed by atoms with E-state index in [1.807, 2.05) is 0 Å². The van der Waals surface area contributed by atoms with Gasteiger partial charge in [-0.3, -0.25) is 0 Å². The predicted octanol–water partition coefficient (Wildman–Crippen LogP) is -0.320. The van der Waals surface area contributed by atoms with Crippen LogP contribution in [0.1, 0.15) is 19.8 Å². The van der Waals surface area contributed by atoms with E-state index in [0.29, 0.717) is 19.1 Å². The highest BCUT2D eigenvalue weighted by Gasteiger charge is 2.21. The van der Waals surface area contributed by atoms with Crippen LogP contribution in [0, 0.1) is 5.92 Å². The molecule has 0 bridgehead atoms. The summed E-state index contributed by atoms with van der Waals surface area (Å²) in [6, 6.07) is 0. The third kappa shape index (κ3) is 4.92. The predicted molar refractivity (Wildman–Crippen MR) is 59.0 cm³/mol. The maximum absolute atomic E-state index is 11.4. The molecule has 1 aliphatic carbocycles. The minimum Gasteiger partial charge on any atom is -0.380 e. The normalized spacial score (nSPS) is 19.1. The highest BCUT2D eigenvalue weighted by Crippen LogP contribution is 2.28. The largest absolute Gasteiger partial charge is 0.380 e. The summed E-state index contributed by atoms with van der Waals surface area (Å²) in [6.07, 6.45) is 2.49. The molecular formula is C9H20N2O3S. The second kappa shape index (κ2) is 5.79. The Balaban J connectivity index is 2.06. The van der Waals surface area contributed by atoms with Gasteiger partial charge in [0.05, 0.1) is 11.9 Å². The molecule has 0 aromatic carbocycles. The first-order chi connectivity index (χ1) is 7.06. The van der Waals surface area contributed by atoms with Crippen molar-refractivity contribution in [2.75, 3.05) is 26.3 Å². The van der Waals surface area contributed by atoms with Crippen LogP contribution < -0.4 is 10.5 Å². The van der Waals surface area contributed by atoms with E-state index in [0.717, 1.165) is 6.61 Å². The van der Waals surface area contributed by atoms with Gasteiger partial charge in [-0.25, -0.2) is 13.1 Å². The van der Waals surface area contributed by atoms with Gasteiger partial charge in [0, 0.05) is 19.7 Å². The molecule has 0 heterocycles. The second-order valence-corrected chi connectivity index (χ2v) is 6.19. The Morgan fingerprint density at radius 1 is 1.53 bits per heavy atom. The van der Waals surface area contributed by atoms with Crippen LogP contribution in [-0.4, -0.2) is 40.0 Å². The van der Waals surface area contributed by atoms with Gasteiger partial charge in [0.15, 0.2) is 0 Å². The van der Waals surface area contributed by atoms with E-state index in [1.54, 1.807) is 6.92 Å². The van der Waals surface area contributed by atoms with Crippen LogP contribution in [0.4, 0.5) is 0 Å². The van der Waals surface area contributed by atoms with E-state index in [4.69, 9.17) is 10.5 Å². The van der Waals surface area contributed by atoms with Crippen LogP contribution >= 0.6 is 0 Å². The molecule has 0 spiro atoms. The van der Waals surface area contributed by atoms with Crippen LogP contribution in [0.15, 0.2) is 0 Å². The van der Waals surface area contributed by atoms with E-state index in [2.05, 4.69) is 4.72 Å². The van der Waals surface area contributed by atoms with E-state index in [-0.39, 0.29) is 6.54 Å². The van der Waals surface area contributed by atoms with E-state index in [1.165, 1.54) is 12.8 Å². The Morgan fingerprint density at radius 3 is 2.73 bits per heavy atom. The Kier molecular flexibility index (Phi) is 4.98. The lowest BCUT2D eigenvalue weighted by Crippen LogP contribution is -2.38. The van der Waals surface area contributed by atoms with Crippen LogP contribution in [0.25, 0.3) is 0 Å². The van der Waals surface area contributed by atoms with Gasteiger partial charge in [0.25, 0.3) is 0 Å². The van der Waals surface area contributed by atoms with Gasteiger partial charge in [-0.2, -0.15) is 0 Å². The molecule has 0 saturated heterocycles. The summed E-state index contributed by atoms with van der Waals surface area (Å²) in [7, 11) is -3.25. The number of nitrogens with two attached hydrogens (primary N) is 1. The Morgan fingerprint density at radius 2 is 2.20 bits per heavy atom. The summed E-state index contributed by atoms with van der Waals surface area (Å²) in [6.45, 7) is 3.26. The smallest absolute Gasteiger partial charge is 0.215 e. The SMILES string of the molecule is CC(CN)S(=O)(=O)NCCOCC1CC1. The summed E-state index contributed by atoms with van der Waals surface area (Å²) in [5, 5.41) is -0.541. The molecule has 3 N–H and O–H groups in total. The van der Waals surface area contributed by atoms with Gasteiger partial charge < -0.3 is 10.5 Å². The minimum atomic E-state index is -3.25. The topological polar surface area (TPSA) is 81.4 Å². The summed E-state index contributed by atoms with van der Waals surface area (Å²) >= 11 is 0. The maximum atomic E-state index is 11.4. The molecule has 0 aromatic heterocycles. The molecule has 0 radical (unpaired) electrons. The summed E-state index contributed by atoms with van der Waals surface area (Å²) in [4.78, 5) is 0. The molecule has 15 heavy (non-hydrogen) atoms. The van der Waals surface area contributed by atoms with E-state index >= 15 is 0 Å². The lowest BCUT2D eigenvalue weighted by atomic mass is 10.5. The molecule has 1 saturated carbocycles. The maximum Gasteiger partial charge on any atom is 0.215 e. The Labute approximate surface area is 91.4 Å². The van der Waals surface area contributed by atoms with Gasteiger partial charge in [0.1, 0.15) is 0 Å². The zero-order valence-corrected chi connectivity index (χ0v) is 9.92. The number of hydrogen-bond acceptors (Lipinski definition) is 4. The summed E-state index contributed by atoms with van der Waals surface area (Å²) in [5.74, 6) is 0.713. The highest BCUT2D eigenvalue weighted by atomic mass is 32.2. The zero-order chi connectivity index (χ0) is 11.3. The fraction of sp³-hybridized carbons (Fsp3) is 1.00. The fourth-order valence-corrected chi connectivity index (χ4v) is 1.97. The fourth-order valence-electron chi connectivity index (χ4n) is 1.06. The van der Waals surface area contributed by atoms with Crippen LogP contribution in [0.2, 0.25) is 0 Å². The van der Waals surface area contributed by atoms with Gasteiger partial charge in [-0.15, -0.1) is 0 Å². The molecule has 0 amide bonds. The molecule has 0 aromatic rings. The molecule has 1 aliphatic rings.